The number of aromatic nitrogens is 1. The third kappa shape index (κ3) is 7.20. The van der Waals surface area contributed by atoms with E-state index in [1.807, 2.05) is 42.5 Å². The Bertz CT molecular complexity index is 1370. The number of aliphatic hydroxyl groups excluding tert-OH is 1. The van der Waals surface area contributed by atoms with Crippen LogP contribution in [0.2, 0.25) is 5.02 Å². The minimum absolute atomic E-state index is 0.153. The molecular weight excluding hydrogens is 568 g/mol. The zero-order valence-electron chi connectivity index (χ0n) is 20.9. The fourth-order valence-corrected chi connectivity index (χ4v) is 4.71. The summed E-state index contributed by atoms with van der Waals surface area (Å²) in [7, 11) is 0. The Morgan fingerprint density at radius 1 is 1.00 bits per heavy atom. The molecule has 1 unspecified atom stereocenters. The first-order valence-electron chi connectivity index (χ1n) is 12.1. The molecule has 0 radical (unpaired) electrons. The van der Waals surface area contributed by atoms with Gasteiger partial charge in [-0.3, -0.25) is 9.78 Å². The van der Waals surface area contributed by atoms with Crippen LogP contribution >= 0.6 is 27.5 Å². The van der Waals surface area contributed by atoms with E-state index in [2.05, 4.69) is 44.4 Å². The molecule has 1 heterocycles. The third-order valence-corrected chi connectivity index (χ3v) is 7.22. The molecule has 0 bridgehead atoms. The van der Waals surface area contributed by atoms with Crippen molar-refractivity contribution in [1.82, 2.24) is 10.3 Å². The molecular formula is C30H28BrClN2O4. The Hall–Kier alpha value is -3.23. The molecule has 0 amide bonds. The van der Waals surface area contributed by atoms with Crippen molar-refractivity contribution in [2.45, 2.75) is 32.7 Å². The van der Waals surface area contributed by atoms with E-state index in [1.165, 1.54) is 6.92 Å². The minimum Gasteiger partial charge on any atom is -0.488 e. The van der Waals surface area contributed by atoms with Crippen LogP contribution in [0.4, 0.5) is 0 Å². The van der Waals surface area contributed by atoms with Gasteiger partial charge in [-0.1, -0.05) is 66.2 Å². The van der Waals surface area contributed by atoms with E-state index in [4.69, 9.17) is 21.1 Å². The number of carbonyl (C=O) groups excluding carboxylic acids is 1. The van der Waals surface area contributed by atoms with E-state index in [0.29, 0.717) is 23.1 Å². The van der Waals surface area contributed by atoms with Gasteiger partial charge in [0.1, 0.15) is 30.5 Å². The summed E-state index contributed by atoms with van der Waals surface area (Å²) in [6.07, 6.45) is 3.44. The van der Waals surface area contributed by atoms with Crippen molar-refractivity contribution in [2.75, 3.05) is 6.61 Å². The van der Waals surface area contributed by atoms with Crippen LogP contribution < -0.4 is 14.8 Å². The average molecular weight is 596 g/mol. The Labute approximate surface area is 235 Å². The predicted octanol–water partition coefficient (Wildman–Crippen LogP) is 6.36. The number of Topliss-reactive ketones (excluding diaryl/α,β-unsaturated/α-hetero) is 1. The second-order valence-corrected chi connectivity index (χ2v) is 9.90. The topological polar surface area (TPSA) is 80.7 Å². The molecule has 1 aromatic heterocycles. The van der Waals surface area contributed by atoms with Gasteiger partial charge in [0.15, 0.2) is 0 Å². The van der Waals surface area contributed by atoms with Gasteiger partial charge >= 0.3 is 0 Å². The van der Waals surface area contributed by atoms with Crippen LogP contribution in [0.1, 0.15) is 23.6 Å². The van der Waals surface area contributed by atoms with Gasteiger partial charge in [0.05, 0.1) is 17.7 Å². The van der Waals surface area contributed by atoms with Crippen LogP contribution in [-0.4, -0.2) is 28.5 Å². The number of aliphatic hydroxyl groups is 1. The van der Waals surface area contributed by atoms with E-state index in [9.17, 15) is 9.90 Å². The van der Waals surface area contributed by atoms with Crippen LogP contribution in [-0.2, 0) is 24.6 Å². The zero-order valence-corrected chi connectivity index (χ0v) is 23.2. The van der Waals surface area contributed by atoms with Crippen LogP contribution in [0.25, 0.3) is 11.1 Å². The maximum absolute atomic E-state index is 11.8. The highest BCUT2D eigenvalue weighted by Gasteiger charge is 2.17. The summed E-state index contributed by atoms with van der Waals surface area (Å²) in [4.78, 5) is 15.9. The van der Waals surface area contributed by atoms with Crippen molar-refractivity contribution >= 4 is 33.3 Å². The number of hydrogen-bond acceptors (Lipinski definition) is 6. The second-order valence-electron chi connectivity index (χ2n) is 8.70. The molecule has 0 aliphatic heterocycles. The van der Waals surface area contributed by atoms with Crippen molar-refractivity contribution in [1.29, 1.82) is 0 Å². The first kappa shape index (κ1) is 27.8. The Balaban J connectivity index is 1.56. The largest absolute Gasteiger partial charge is 0.488 e. The van der Waals surface area contributed by atoms with Gasteiger partial charge in [0, 0.05) is 46.2 Å². The summed E-state index contributed by atoms with van der Waals surface area (Å²) in [5, 5.41) is 13.0. The summed E-state index contributed by atoms with van der Waals surface area (Å²) in [5.74, 6) is 0.872. The van der Waals surface area contributed by atoms with Crippen molar-refractivity contribution in [3.8, 4) is 22.6 Å². The highest BCUT2D eigenvalue weighted by atomic mass is 79.9. The van der Waals surface area contributed by atoms with Crippen LogP contribution in [0.5, 0.6) is 11.5 Å². The molecule has 4 aromatic rings. The molecule has 0 fully saturated rings. The number of pyridine rings is 1. The molecule has 4 rings (SSSR count). The van der Waals surface area contributed by atoms with Gasteiger partial charge in [0.25, 0.3) is 0 Å². The molecule has 3 aromatic carbocycles. The molecule has 0 saturated carbocycles. The van der Waals surface area contributed by atoms with Crippen LogP contribution in [0, 0.1) is 0 Å². The standard InChI is InChI=1S/C30H28BrClN2O4/c1-20(36)27(17-35)34-16-24-13-26(32)29(14-28(24)37-18-21-7-6-12-33-15-21)38-19-23-10-5-11-25(30(23)31)22-8-3-2-4-9-22/h2-15,27,34-35H,16-19H2,1H3. The normalized spacial score (nSPS) is 11.7. The summed E-state index contributed by atoms with van der Waals surface area (Å²) in [5.41, 5.74) is 4.79. The number of nitrogens with one attached hydrogen (secondary N) is 1. The zero-order chi connectivity index (χ0) is 26.9. The Kier molecular flexibility index (Phi) is 9.90. The second kappa shape index (κ2) is 13.5. The first-order valence-corrected chi connectivity index (χ1v) is 13.3. The van der Waals surface area contributed by atoms with Crippen molar-refractivity contribution in [3.63, 3.8) is 0 Å². The van der Waals surface area contributed by atoms with E-state index in [0.717, 1.165) is 32.3 Å². The van der Waals surface area contributed by atoms with E-state index >= 15 is 0 Å². The van der Waals surface area contributed by atoms with Gasteiger partial charge in [-0.25, -0.2) is 0 Å². The summed E-state index contributed by atoms with van der Waals surface area (Å²) < 4.78 is 13.2. The monoisotopic (exact) mass is 594 g/mol. The maximum atomic E-state index is 11.8. The van der Waals surface area contributed by atoms with Crippen molar-refractivity contribution in [3.05, 3.63) is 111 Å². The molecule has 0 aliphatic rings. The molecule has 6 nitrogen and oxygen atoms in total. The highest BCUT2D eigenvalue weighted by molar-refractivity contribution is 9.10. The third-order valence-electron chi connectivity index (χ3n) is 5.99. The Morgan fingerprint density at radius 2 is 1.79 bits per heavy atom. The number of hydrogen-bond donors (Lipinski definition) is 2. The van der Waals surface area contributed by atoms with Gasteiger partial charge in [-0.05, 0) is 46.1 Å². The first-order chi connectivity index (χ1) is 18.5. The summed E-state index contributed by atoms with van der Waals surface area (Å²) in [6.45, 7) is 1.99. The number of halogens is 2. The van der Waals surface area contributed by atoms with Gasteiger partial charge in [-0.15, -0.1) is 0 Å². The van der Waals surface area contributed by atoms with E-state index in [-0.39, 0.29) is 25.5 Å². The lowest BCUT2D eigenvalue weighted by atomic mass is 10.0. The highest BCUT2D eigenvalue weighted by Crippen LogP contribution is 2.36. The number of rotatable bonds is 12. The van der Waals surface area contributed by atoms with Gasteiger partial charge < -0.3 is 19.9 Å². The maximum Gasteiger partial charge on any atom is 0.149 e. The lowest BCUT2D eigenvalue weighted by Gasteiger charge is -2.18. The fourth-order valence-electron chi connectivity index (χ4n) is 3.86. The molecule has 0 aliphatic carbocycles. The smallest absolute Gasteiger partial charge is 0.149 e. The lowest BCUT2D eigenvalue weighted by molar-refractivity contribution is -0.119. The van der Waals surface area contributed by atoms with Crippen molar-refractivity contribution < 1.29 is 19.4 Å². The quantitative estimate of drug-likeness (QED) is 0.198. The SMILES string of the molecule is CC(=O)C(CO)NCc1cc(Cl)c(OCc2cccc(-c3ccccc3)c2Br)cc1OCc1cccnc1. The van der Waals surface area contributed by atoms with Crippen molar-refractivity contribution in [2.24, 2.45) is 0 Å². The van der Waals surface area contributed by atoms with Crippen LogP contribution in [0.15, 0.2) is 89.7 Å². The molecule has 196 valence electrons. The van der Waals surface area contributed by atoms with Gasteiger partial charge in [-0.2, -0.15) is 0 Å². The number of ketones is 1. The fraction of sp³-hybridized carbons (Fsp3) is 0.200. The van der Waals surface area contributed by atoms with Gasteiger partial charge in [0.2, 0.25) is 0 Å². The van der Waals surface area contributed by atoms with Crippen LogP contribution in [0.3, 0.4) is 0 Å². The lowest BCUT2D eigenvalue weighted by Crippen LogP contribution is -2.38. The Morgan fingerprint density at radius 3 is 2.50 bits per heavy atom. The molecule has 0 spiro atoms. The molecule has 38 heavy (non-hydrogen) atoms. The number of carbonyl (C=O) groups is 1. The van der Waals surface area contributed by atoms with E-state index in [1.54, 1.807) is 24.5 Å². The number of ether oxygens (including phenoxy) is 2. The number of benzene rings is 3. The molecule has 1 atom stereocenters. The molecule has 0 saturated heterocycles. The predicted molar refractivity (Wildman–Crippen MR) is 152 cm³/mol. The molecule has 8 heteroatoms. The average Bonchev–Trinajstić information content (AvgIpc) is 2.93. The summed E-state index contributed by atoms with van der Waals surface area (Å²) in [6, 6.07) is 22.8. The minimum atomic E-state index is -0.676. The number of nitrogens with zero attached hydrogens (tertiary/aromatic N) is 1. The summed E-state index contributed by atoms with van der Waals surface area (Å²) >= 11 is 10.4. The molecule has 2 N–H and O–H groups in total. The van der Waals surface area contributed by atoms with E-state index < -0.39 is 6.04 Å².